The topological polar surface area (TPSA) is 12.0 Å². The van der Waals surface area contributed by atoms with E-state index in [1.54, 1.807) is 0 Å². The van der Waals surface area contributed by atoms with Crippen LogP contribution in [0.25, 0.3) is 10.8 Å². The standard InChI is InChI=1S/C22H18BrN/c23-15-11-12-21-20(13-15)17-8-4-10-19(17)22(24-21)18-9-3-6-14-5-1-2-7-16(14)18/h1-9,11-13,17,19,22,24H,10H2/t17-,19+,22+/m1/s1. The van der Waals surface area contributed by atoms with Crippen molar-refractivity contribution in [1.82, 2.24) is 0 Å². The lowest BCUT2D eigenvalue weighted by atomic mass is 9.76. The molecule has 1 N–H and O–H groups in total. The highest BCUT2D eigenvalue weighted by Gasteiger charge is 2.38. The first-order chi connectivity index (χ1) is 11.8. The van der Waals surface area contributed by atoms with Gasteiger partial charge in [0.15, 0.2) is 0 Å². The predicted molar refractivity (Wildman–Crippen MR) is 104 cm³/mol. The Morgan fingerprint density at radius 1 is 0.917 bits per heavy atom. The monoisotopic (exact) mass is 375 g/mol. The Kier molecular flexibility index (Phi) is 3.27. The molecule has 0 bridgehead atoms. The number of benzene rings is 3. The van der Waals surface area contributed by atoms with Gasteiger partial charge in [-0.15, -0.1) is 0 Å². The maximum atomic E-state index is 3.84. The van der Waals surface area contributed by atoms with Crippen LogP contribution in [0, 0.1) is 5.92 Å². The van der Waals surface area contributed by atoms with Crippen LogP contribution in [-0.2, 0) is 0 Å². The molecule has 2 aliphatic rings. The molecule has 0 radical (unpaired) electrons. The summed E-state index contributed by atoms with van der Waals surface area (Å²) < 4.78 is 1.16. The molecule has 0 amide bonds. The van der Waals surface area contributed by atoms with Gasteiger partial charge in [-0.3, -0.25) is 0 Å². The second-order valence-corrected chi connectivity index (χ2v) is 7.69. The summed E-state index contributed by atoms with van der Waals surface area (Å²) in [5.74, 6) is 1.08. The Morgan fingerprint density at radius 3 is 2.75 bits per heavy atom. The minimum absolute atomic E-state index is 0.352. The normalized spacial score (nSPS) is 24.5. The minimum Gasteiger partial charge on any atom is -0.378 e. The Hall–Kier alpha value is -2.06. The molecule has 1 aliphatic heterocycles. The summed E-state index contributed by atoms with van der Waals surface area (Å²) in [5.41, 5.74) is 4.10. The maximum absolute atomic E-state index is 3.84. The van der Waals surface area contributed by atoms with Crippen LogP contribution in [0.15, 0.2) is 77.3 Å². The second kappa shape index (κ2) is 5.49. The molecule has 0 saturated carbocycles. The fourth-order valence-electron chi connectivity index (χ4n) is 4.39. The number of nitrogens with one attached hydrogen (secondary N) is 1. The van der Waals surface area contributed by atoms with Gasteiger partial charge >= 0.3 is 0 Å². The summed E-state index contributed by atoms with van der Waals surface area (Å²) in [6, 6.07) is 22.4. The smallest absolute Gasteiger partial charge is 0.0560 e. The molecule has 0 spiro atoms. The van der Waals surface area contributed by atoms with E-state index in [0.717, 1.165) is 10.9 Å². The van der Waals surface area contributed by atoms with Crippen molar-refractivity contribution >= 4 is 32.4 Å². The van der Waals surface area contributed by atoms with Gasteiger partial charge in [-0.1, -0.05) is 70.5 Å². The van der Waals surface area contributed by atoms with E-state index in [4.69, 9.17) is 0 Å². The molecule has 3 aromatic rings. The predicted octanol–water partition coefficient (Wildman–Crippen LogP) is 6.43. The van der Waals surface area contributed by atoms with Gasteiger partial charge in [-0.2, -0.15) is 0 Å². The van der Waals surface area contributed by atoms with E-state index >= 15 is 0 Å². The molecule has 1 aliphatic carbocycles. The van der Waals surface area contributed by atoms with Crippen LogP contribution in [0.2, 0.25) is 0 Å². The molecule has 118 valence electrons. The minimum atomic E-state index is 0.352. The second-order valence-electron chi connectivity index (χ2n) is 6.78. The molecule has 0 fully saturated rings. The van der Waals surface area contributed by atoms with Gasteiger partial charge in [-0.25, -0.2) is 0 Å². The first-order valence-corrected chi connectivity index (χ1v) is 9.31. The van der Waals surface area contributed by atoms with Crippen molar-refractivity contribution in [2.24, 2.45) is 5.92 Å². The van der Waals surface area contributed by atoms with Crippen molar-refractivity contribution in [1.29, 1.82) is 0 Å². The fraction of sp³-hybridized carbons (Fsp3) is 0.182. The lowest BCUT2D eigenvalue weighted by Gasteiger charge is -2.38. The number of fused-ring (bicyclic) bond motifs is 4. The molecule has 2 heteroatoms. The van der Waals surface area contributed by atoms with Crippen LogP contribution < -0.4 is 5.32 Å². The largest absolute Gasteiger partial charge is 0.378 e. The van der Waals surface area contributed by atoms with Crippen LogP contribution in [-0.4, -0.2) is 0 Å². The first kappa shape index (κ1) is 14.3. The number of hydrogen-bond acceptors (Lipinski definition) is 1. The molecular weight excluding hydrogens is 358 g/mol. The quantitative estimate of drug-likeness (QED) is 0.483. The molecule has 0 saturated heterocycles. The van der Waals surface area contributed by atoms with Crippen molar-refractivity contribution in [2.45, 2.75) is 18.4 Å². The van der Waals surface area contributed by atoms with Crippen LogP contribution in [0.5, 0.6) is 0 Å². The van der Waals surface area contributed by atoms with Crippen molar-refractivity contribution in [3.8, 4) is 0 Å². The summed E-state index contributed by atoms with van der Waals surface area (Å²) in [6.45, 7) is 0. The highest BCUT2D eigenvalue weighted by molar-refractivity contribution is 9.10. The third-order valence-electron chi connectivity index (χ3n) is 5.48. The van der Waals surface area contributed by atoms with E-state index < -0.39 is 0 Å². The summed E-state index contributed by atoms with van der Waals surface area (Å²) in [6.07, 6.45) is 5.89. The van der Waals surface area contributed by atoms with E-state index in [1.807, 2.05) is 0 Å². The van der Waals surface area contributed by atoms with Crippen molar-refractivity contribution < 1.29 is 0 Å². The van der Waals surface area contributed by atoms with Gasteiger partial charge in [-0.05, 0) is 52.4 Å². The summed E-state index contributed by atoms with van der Waals surface area (Å²) in [4.78, 5) is 0. The SMILES string of the molecule is Brc1ccc2c(c1)[C@@H]1C=CC[C@@H]1[C@H](c1cccc3ccccc13)N2. The summed E-state index contributed by atoms with van der Waals surface area (Å²) in [5, 5.41) is 6.53. The molecule has 1 nitrogen and oxygen atoms in total. The van der Waals surface area contributed by atoms with Crippen molar-refractivity contribution in [2.75, 3.05) is 5.32 Å². The van der Waals surface area contributed by atoms with E-state index in [2.05, 4.69) is 94.1 Å². The molecule has 0 unspecified atom stereocenters. The van der Waals surface area contributed by atoms with E-state index in [1.165, 1.54) is 27.6 Å². The molecular formula is C22H18BrN. The molecule has 3 aromatic carbocycles. The van der Waals surface area contributed by atoms with Gasteiger partial charge in [0.1, 0.15) is 0 Å². The lowest BCUT2D eigenvalue weighted by molar-refractivity contribution is 0.427. The van der Waals surface area contributed by atoms with Gasteiger partial charge in [0.2, 0.25) is 0 Å². The van der Waals surface area contributed by atoms with Crippen LogP contribution in [0.4, 0.5) is 5.69 Å². The number of hydrogen-bond donors (Lipinski definition) is 1. The van der Waals surface area contributed by atoms with E-state index in [9.17, 15) is 0 Å². The highest BCUT2D eigenvalue weighted by atomic mass is 79.9. The van der Waals surface area contributed by atoms with Crippen molar-refractivity contribution in [3.63, 3.8) is 0 Å². The average molecular weight is 376 g/mol. The molecule has 24 heavy (non-hydrogen) atoms. The Labute approximate surface area is 150 Å². The molecule has 3 atom stereocenters. The number of allylic oxidation sites excluding steroid dienone is 2. The average Bonchev–Trinajstić information content (AvgIpc) is 3.11. The third kappa shape index (κ3) is 2.13. The summed E-state index contributed by atoms with van der Waals surface area (Å²) in [7, 11) is 0. The third-order valence-corrected chi connectivity index (χ3v) is 5.98. The number of anilines is 1. The molecule has 0 aromatic heterocycles. The van der Waals surface area contributed by atoms with Crippen LogP contribution in [0.1, 0.15) is 29.5 Å². The number of halogens is 1. The maximum Gasteiger partial charge on any atom is 0.0560 e. The summed E-state index contributed by atoms with van der Waals surface area (Å²) >= 11 is 3.63. The van der Waals surface area contributed by atoms with E-state index in [-0.39, 0.29) is 0 Å². The lowest BCUT2D eigenvalue weighted by Crippen LogP contribution is -2.29. The highest BCUT2D eigenvalue weighted by Crippen LogP contribution is 2.51. The Bertz CT molecular complexity index is 954. The molecule has 1 heterocycles. The zero-order valence-corrected chi connectivity index (χ0v) is 14.8. The van der Waals surface area contributed by atoms with Crippen LogP contribution in [0.3, 0.4) is 0 Å². The van der Waals surface area contributed by atoms with Crippen LogP contribution >= 0.6 is 15.9 Å². The van der Waals surface area contributed by atoms with Gasteiger partial charge < -0.3 is 5.32 Å². The zero-order valence-electron chi connectivity index (χ0n) is 13.2. The van der Waals surface area contributed by atoms with Gasteiger partial charge in [0.05, 0.1) is 6.04 Å². The first-order valence-electron chi connectivity index (χ1n) is 8.51. The van der Waals surface area contributed by atoms with Crippen molar-refractivity contribution in [3.05, 3.63) is 88.4 Å². The fourth-order valence-corrected chi connectivity index (χ4v) is 4.77. The van der Waals surface area contributed by atoms with Gasteiger partial charge in [0, 0.05) is 16.1 Å². The number of rotatable bonds is 1. The zero-order chi connectivity index (χ0) is 16.1. The van der Waals surface area contributed by atoms with Gasteiger partial charge in [0.25, 0.3) is 0 Å². The molecule has 5 rings (SSSR count). The Morgan fingerprint density at radius 2 is 1.79 bits per heavy atom. The Balaban J connectivity index is 1.68. The van der Waals surface area contributed by atoms with E-state index in [0.29, 0.717) is 17.9 Å².